The summed E-state index contributed by atoms with van der Waals surface area (Å²) in [5, 5.41) is 0. The highest BCUT2D eigenvalue weighted by Gasteiger charge is 2.55. The van der Waals surface area contributed by atoms with Crippen LogP contribution in [0.25, 0.3) is 0 Å². The van der Waals surface area contributed by atoms with Gasteiger partial charge in [0.15, 0.2) is 18.3 Å². The molecule has 0 amide bonds. The molecule has 12 nitrogen and oxygen atoms in total. The molecule has 2 rings (SSSR count). The molecule has 1 heterocycles. The van der Waals surface area contributed by atoms with Crippen LogP contribution >= 0.6 is 0 Å². The fourth-order valence-electron chi connectivity index (χ4n) is 3.60. The van der Waals surface area contributed by atoms with E-state index in [1.165, 1.54) is 0 Å². The number of rotatable bonds is 10. The van der Waals surface area contributed by atoms with Crippen LogP contribution in [0.5, 0.6) is 0 Å². The molecule has 0 bridgehead atoms. The maximum absolute atomic E-state index is 12.1. The molecule has 1 aliphatic heterocycles. The van der Waals surface area contributed by atoms with Crippen molar-refractivity contribution in [3.63, 3.8) is 0 Å². The van der Waals surface area contributed by atoms with Gasteiger partial charge in [0.25, 0.3) is 0 Å². The van der Waals surface area contributed by atoms with Gasteiger partial charge in [0, 0.05) is 34.6 Å². The number of benzene rings is 1. The first-order valence-corrected chi connectivity index (χ1v) is 11.1. The van der Waals surface area contributed by atoms with Crippen LogP contribution in [-0.4, -0.2) is 73.3 Å². The van der Waals surface area contributed by atoms with E-state index < -0.39 is 73.3 Å². The average molecular weight is 510 g/mol. The van der Waals surface area contributed by atoms with Crippen LogP contribution in [0.1, 0.15) is 40.2 Å². The molecule has 0 N–H and O–H groups in total. The zero-order valence-corrected chi connectivity index (χ0v) is 20.7. The third-order valence-corrected chi connectivity index (χ3v) is 4.84. The number of carbonyl (C=O) groups excluding carboxylic acids is 5. The van der Waals surface area contributed by atoms with Crippen molar-refractivity contribution in [2.24, 2.45) is 0 Å². The third-order valence-electron chi connectivity index (χ3n) is 4.84. The van der Waals surface area contributed by atoms with Gasteiger partial charge in [-0.05, 0) is 5.56 Å². The Labute approximate surface area is 208 Å². The lowest BCUT2D eigenvalue weighted by Gasteiger charge is -2.45. The van der Waals surface area contributed by atoms with Gasteiger partial charge in [-0.1, -0.05) is 30.3 Å². The van der Waals surface area contributed by atoms with Gasteiger partial charge in [0.2, 0.25) is 6.29 Å². The third kappa shape index (κ3) is 8.93. The maximum Gasteiger partial charge on any atom is 0.305 e. The van der Waals surface area contributed by atoms with E-state index in [2.05, 4.69) is 0 Å². The van der Waals surface area contributed by atoms with E-state index in [4.69, 9.17) is 33.2 Å². The summed E-state index contributed by atoms with van der Waals surface area (Å²) in [5.74, 6) is -3.68. The van der Waals surface area contributed by atoms with E-state index >= 15 is 0 Å². The Balaban J connectivity index is 2.53. The summed E-state index contributed by atoms with van der Waals surface area (Å²) in [6.07, 6.45) is -8.09. The number of carbonyl (C=O) groups is 5. The van der Waals surface area contributed by atoms with E-state index in [0.717, 1.165) is 40.2 Å². The van der Waals surface area contributed by atoms with Crippen LogP contribution in [-0.2, 0) is 63.7 Å². The van der Waals surface area contributed by atoms with E-state index in [1.807, 2.05) is 6.07 Å². The second-order valence-electron chi connectivity index (χ2n) is 7.94. The molecule has 36 heavy (non-hydrogen) atoms. The quantitative estimate of drug-likeness (QED) is 0.329. The minimum atomic E-state index is -1.53. The molecular formula is C24H30O12. The average Bonchev–Trinajstić information content (AvgIpc) is 2.77. The Bertz CT molecular complexity index is 930. The number of ether oxygens (including phenoxy) is 7. The minimum Gasteiger partial charge on any atom is -0.462 e. The molecule has 1 aliphatic rings. The molecule has 1 fully saturated rings. The highest BCUT2D eigenvalue weighted by molar-refractivity contribution is 5.68. The maximum atomic E-state index is 12.1. The summed E-state index contributed by atoms with van der Waals surface area (Å²) in [5.41, 5.74) is 0.740. The fraction of sp³-hybridized carbons (Fsp3) is 0.542. The topological polar surface area (TPSA) is 150 Å². The lowest BCUT2D eigenvalue weighted by Crippen LogP contribution is -2.65. The van der Waals surface area contributed by atoms with Crippen molar-refractivity contribution in [2.75, 3.05) is 6.61 Å². The Hall–Kier alpha value is -3.51. The minimum absolute atomic E-state index is 0.0112. The van der Waals surface area contributed by atoms with Gasteiger partial charge in [0.1, 0.15) is 18.8 Å². The SMILES string of the molecule is CC(=O)OC[C@@H](OC(C)=O)[C@H]1OC(OC(C)=O)[C@H](OC(C)=O)[C@@H](OCc2ccccc2)[C@@H]1OC(C)=O. The molecule has 6 atom stereocenters. The smallest absolute Gasteiger partial charge is 0.305 e. The van der Waals surface area contributed by atoms with E-state index in [0.29, 0.717) is 0 Å². The van der Waals surface area contributed by atoms with Crippen LogP contribution in [0.3, 0.4) is 0 Å². The molecule has 0 aliphatic carbocycles. The lowest BCUT2D eigenvalue weighted by molar-refractivity contribution is -0.315. The Morgan fingerprint density at radius 2 is 1.33 bits per heavy atom. The number of esters is 5. The van der Waals surface area contributed by atoms with Gasteiger partial charge in [-0.25, -0.2) is 0 Å². The Morgan fingerprint density at radius 1 is 0.750 bits per heavy atom. The molecular weight excluding hydrogens is 480 g/mol. The predicted octanol–water partition coefficient (Wildman–Crippen LogP) is 1.22. The first kappa shape index (κ1) is 28.7. The van der Waals surface area contributed by atoms with Crippen LogP contribution < -0.4 is 0 Å². The summed E-state index contributed by atoms with van der Waals surface area (Å²) < 4.78 is 38.3. The highest BCUT2D eigenvalue weighted by Crippen LogP contribution is 2.32. The van der Waals surface area contributed by atoms with Gasteiger partial charge in [-0.3, -0.25) is 24.0 Å². The predicted molar refractivity (Wildman–Crippen MR) is 119 cm³/mol. The van der Waals surface area contributed by atoms with Gasteiger partial charge < -0.3 is 33.2 Å². The van der Waals surface area contributed by atoms with Crippen LogP contribution in [0.2, 0.25) is 0 Å². The largest absolute Gasteiger partial charge is 0.462 e. The zero-order chi connectivity index (χ0) is 26.8. The summed E-state index contributed by atoms with van der Waals surface area (Å²) in [4.78, 5) is 59.1. The Morgan fingerprint density at radius 3 is 1.86 bits per heavy atom. The second-order valence-corrected chi connectivity index (χ2v) is 7.94. The standard InChI is InChI=1S/C24H30O12/c1-13(25)30-12-19(32-14(2)26)20-22(33-15(3)27)21(31-11-18-9-7-6-8-10-18)23(34-16(4)28)24(36-20)35-17(5)29/h6-10,19-24H,11-12H2,1-5H3/t19-,20-,21+,22-,23-,24?/m1/s1. The lowest BCUT2D eigenvalue weighted by atomic mass is 9.94. The molecule has 12 heteroatoms. The molecule has 1 aromatic rings. The molecule has 198 valence electrons. The van der Waals surface area contributed by atoms with Gasteiger partial charge in [-0.2, -0.15) is 0 Å². The first-order valence-electron chi connectivity index (χ1n) is 11.1. The van der Waals surface area contributed by atoms with Crippen molar-refractivity contribution in [3.8, 4) is 0 Å². The fourth-order valence-corrected chi connectivity index (χ4v) is 3.60. The second kappa shape index (κ2) is 13.5. The van der Waals surface area contributed by atoms with Gasteiger partial charge in [0.05, 0.1) is 6.61 Å². The van der Waals surface area contributed by atoms with Gasteiger partial charge >= 0.3 is 29.8 Å². The molecule has 1 unspecified atom stereocenters. The summed E-state index contributed by atoms with van der Waals surface area (Å²) in [6.45, 7) is 5.19. The van der Waals surface area contributed by atoms with E-state index in [-0.39, 0.29) is 6.61 Å². The molecule has 1 saturated heterocycles. The normalized spacial score (nSPS) is 24.1. The Kier molecular flexibility index (Phi) is 10.8. The van der Waals surface area contributed by atoms with Crippen LogP contribution in [0.15, 0.2) is 30.3 Å². The molecule has 0 saturated carbocycles. The molecule has 0 aromatic heterocycles. The first-order chi connectivity index (χ1) is 17.0. The van der Waals surface area contributed by atoms with Crippen molar-refractivity contribution in [1.82, 2.24) is 0 Å². The van der Waals surface area contributed by atoms with Crippen LogP contribution in [0, 0.1) is 0 Å². The highest BCUT2D eigenvalue weighted by atomic mass is 16.7. The molecule has 0 radical (unpaired) electrons. The summed E-state index contributed by atoms with van der Waals surface area (Å²) >= 11 is 0. The monoisotopic (exact) mass is 510 g/mol. The molecule has 0 spiro atoms. The van der Waals surface area contributed by atoms with Crippen molar-refractivity contribution in [3.05, 3.63) is 35.9 Å². The molecule has 1 aromatic carbocycles. The van der Waals surface area contributed by atoms with Gasteiger partial charge in [-0.15, -0.1) is 0 Å². The van der Waals surface area contributed by atoms with E-state index in [9.17, 15) is 24.0 Å². The summed E-state index contributed by atoms with van der Waals surface area (Å²) in [6, 6.07) is 8.95. The van der Waals surface area contributed by atoms with E-state index in [1.54, 1.807) is 24.3 Å². The zero-order valence-electron chi connectivity index (χ0n) is 20.7. The summed E-state index contributed by atoms with van der Waals surface area (Å²) in [7, 11) is 0. The van der Waals surface area contributed by atoms with Crippen LogP contribution in [0.4, 0.5) is 0 Å². The van der Waals surface area contributed by atoms with Crippen molar-refractivity contribution in [1.29, 1.82) is 0 Å². The number of hydrogen-bond donors (Lipinski definition) is 0. The van der Waals surface area contributed by atoms with Crippen molar-refractivity contribution < 1.29 is 57.1 Å². The van der Waals surface area contributed by atoms with Crippen molar-refractivity contribution >= 4 is 29.8 Å². The van der Waals surface area contributed by atoms with Crippen molar-refractivity contribution in [2.45, 2.75) is 78.0 Å². The number of hydrogen-bond acceptors (Lipinski definition) is 12.